The first-order valence-corrected chi connectivity index (χ1v) is 9.39. The van der Waals surface area contributed by atoms with E-state index in [2.05, 4.69) is 13.0 Å². The molecule has 2 N–H and O–H groups in total. The zero-order valence-corrected chi connectivity index (χ0v) is 15.8. The Morgan fingerprint density at radius 1 is 0.920 bits per heavy atom. The van der Waals surface area contributed by atoms with Crippen molar-refractivity contribution in [2.24, 2.45) is 5.73 Å². The molecule has 2 aromatic rings. The highest BCUT2D eigenvalue weighted by Gasteiger charge is 2.24. The number of fused-ring (bicyclic) bond motifs is 2. The molecule has 25 heavy (non-hydrogen) atoms. The summed E-state index contributed by atoms with van der Waals surface area (Å²) in [4.78, 5) is 0. The van der Waals surface area contributed by atoms with Crippen LogP contribution in [0.25, 0.3) is 0 Å². The predicted octanol–water partition coefficient (Wildman–Crippen LogP) is 5.58. The van der Waals surface area contributed by atoms with Crippen LogP contribution in [0.3, 0.4) is 0 Å². The Kier molecular flexibility index (Phi) is 6.37. The molecular weight excluding hydrogens is 357 g/mol. The molecule has 2 unspecified atom stereocenters. The molecule has 0 spiro atoms. The molecule has 0 aliphatic carbocycles. The van der Waals surface area contributed by atoms with E-state index in [4.69, 9.17) is 38.4 Å². The van der Waals surface area contributed by atoms with Crippen molar-refractivity contribution in [3.63, 3.8) is 0 Å². The van der Waals surface area contributed by atoms with Crippen LogP contribution in [0.4, 0.5) is 0 Å². The summed E-state index contributed by atoms with van der Waals surface area (Å²) in [7, 11) is 0. The largest absolute Gasteiger partial charge is 0.369 e. The molecule has 2 aliphatic rings. The summed E-state index contributed by atoms with van der Waals surface area (Å²) < 4.78 is 11.1. The monoisotopic (exact) mass is 379 g/mol. The Hall–Kier alpha value is -1.10. The zero-order chi connectivity index (χ0) is 17.8. The number of hydrogen-bond acceptors (Lipinski definition) is 3. The molecule has 2 heterocycles. The topological polar surface area (TPSA) is 44.5 Å². The van der Waals surface area contributed by atoms with Gasteiger partial charge >= 0.3 is 0 Å². The molecule has 0 bridgehead atoms. The van der Waals surface area contributed by atoms with E-state index in [1.54, 1.807) is 0 Å². The molecule has 4 rings (SSSR count). The van der Waals surface area contributed by atoms with E-state index in [0.717, 1.165) is 34.0 Å². The number of rotatable bonds is 3. The van der Waals surface area contributed by atoms with E-state index in [0.29, 0.717) is 19.8 Å². The number of ether oxygens (including phenoxy) is 2. The van der Waals surface area contributed by atoms with E-state index in [1.165, 1.54) is 11.1 Å². The first-order valence-electron chi connectivity index (χ1n) is 8.63. The Morgan fingerprint density at radius 2 is 1.44 bits per heavy atom. The lowest BCUT2D eigenvalue weighted by Crippen LogP contribution is -2.10. The Balaban J connectivity index is 0.000000146. The molecular formula is C20H23Cl2NO2. The van der Waals surface area contributed by atoms with Crippen LogP contribution >= 0.6 is 23.2 Å². The summed E-state index contributed by atoms with van der Waals surface area (Å²) in [5.74, 6) is 0. The molecule has 134 valence electrons. The van der Waals surface area contributed by atoms with Crippen molar-refractivity contribution < 1.29 is 9.47 Å². The van der Waals surface area contributed by atoms with E-state index >= 15 is 0 Å². The van der Waals surface area contributed by atoms with Gasteiger partial charge in [0.15, 0.2) is 0 Å². The highest BCUT2D eigenvalue weighted by Crippen LogP contribution is 2.37. The third-order valence-electron chi connectivity index (χ3n) is 4.63. The van der Waals surface area contributed by atoms with Gasteiger partial charge < -0.3 is 15.2 Å². The van der Waals surface area contributed by atoms with Gasteiger partial charge in [-0.2, -0.15) is 0 Å². The summed E-state index contributed by atoms with van der Waals surface area (Å²) in [6, 6.07) is 11.9. The summed E-state index contributed by atoms with van der Waals surface area (Å²) >= 11 is 12.0. The van der Waals surface area contributed by atoms with Crippen LogP contribution < -0.4 is 5.73 Å². The molecule has 0 amide bonds. The Morgan fingerprint density at radius 3 is 1.96 bits per heavy atom. The molecule has 2 aromatic carbocycles. The molecule has 0 fully saturated rings. The second-order valence-corrected chi connectivity index (χ2v) is 7.05. The van der Waals surface area contributed by atoms with Gasteiger partial charge in [-0.05, 0) is 29.7 Å². The fourth-order valence-corrected chi connectivity index (χ4v) is 3.77. The summed E-state index contributed by atoms with van der Waals surface area (Å²) in [6.07, 6.45) is 2.56. The van der Waals surface area contributed by atoms with E-state index in [-0.39, 0.29) is 12.2 Å². The van der Waals surface area contributed by atoms with Gasteiger partial charge in [0.25, 0.3) is 0 Å². The van der Waals surface area contributed by atoms with Crippen LogP contribution in [0.15, 0.2) is 36.4 Å². The molecule has 2 atom stereocenters. The van der Waals surface area contributed by atoms with Crippen molar-refractivity contribution in [3.8, 4) is 0 Å². The summed E-state index contributed by atoms with van der Waals surface area (Å²) in [5, 5.41) is 1.62. The van der Waals surface area contributed by atoms with Crippen LogP contribution in [0.2, 0.25) is 10.0 Å². The van der Waals surface area contributed by atoms with Crippen molar-refractivity contribution in [2.75, 3.05) is 6.54 Å². The van der Waals surface area contributed by atoms with Gasteiger partial charge in [0, 0.05) is 27.7 Å². The van der Waals surface area contributed by atoms with Crippen LogP contribution in [-0.2, 0) is 22.7 Å². The average molecular weight is 380 g/mol. The molecule has 0 aromatic heterocycles. The van der Waals surface area contributed by atoms with Crippen molar-refractivity contribution >= 4 is 23.2 Å². The maximum absolute atomic E-state index is 6.06. The van der Waals surface area contributed by atoms with Crippen LogP contribution in [0.1, 0.15) is 54.2 Å². The van der Waals surface area contributed by atoms with E-state index in [1.807, 2.05) is 30.3 Å². The maximum Gasteiger partial charge on any atom is 0.0955 e. The van der Waals surface area contributed by atoms with Gasteiger partial charge in [0.2, 0.25) is 0 Å². The van der Waals surface area contributed by atoms with Gasteiger partial charge in [0.05, 0.1) is 25.4 Å². The fourth-order valence-electron chi connectivity index (χ4n) is 3.30. The molecule has 0 saturated carbocycles. The average Bonchev–Trinajstić information content (AvgIpc) is 3.22. The second-order valence-electron chi connectivity index (χ2n) is 6.24. The predicted molar refractivity (Wildman–Crippen MR) is 102 cm³/mol. The Labute approximate surface area is 159 Å². The standard InChI is InChI=1S/C11H13ClO.C9H10ClNO/c1-2-4-11-8-5-3-6-10(12)9(8)7-13-11;10-8-3-1-2-6-7(8)5-12-9(6)4-11/h3,5-6,11H,2,4,7H2,1H3;1-3,9H,4-5,11H2. The van der Waals surface area contributed by atoms with Crippen molar-refractivity contribution in [3.05, 3.63) is 68.7 Å². The Bertz CT molecular complexity index is 736. The van der Waals surface area contributed by atoms with E-state index in [9.17, 15) is 0 Å². The number of nitrogens with two attached hydrogens (primary N) is 1. The maximum atomic E-state index is 6.06. The zero-order valence-electron chi connectivity index (χ0n) is 14.3. The minimum absolute atomic E-state index is 0.0405. The van der Waals surface area contributed by atoms with Crippen LogP contribution in [0, 0.1) is 0 Å². The fraction of sp³-hybridized carbons (Fsp3) is 0.400. The third-order valence-corrected chi connectivity index (χ3v) is 5.33. The second kappa shape index (κ2) is 8.52. The summed E-state index contributed by atoms with van der Waals surface area (Å²) in [6.45, 7) is 3.97. The minimum Gasteiger partial charge on any atom is -0.369 e. The van der Waals surface area contributed by atoms with Crippen LogP contribution in [-0.4, -0.2) is 6.54 Å². The molecule has 3 nitrogen and oxygen atoms in total. The van der Waals surface area contributed by atoms with Crippen molar-refractivity contribution in [1.82, 2.24) is 0 Å². The number of hydrogen-bond donors (Lipinski definition) is 1. The lowest BCUT2D eigenvalue weighted by molar-refractivity contribution is 0.0596. The normalized spacial score (nSPS) is 20.6. The van der Waals surface area contributed by atoms with Gasteiger partial charge in [-0.1, -0.05) is 60.8 Å². The lowest BCUT2D eigenvalue weighted by atomic mass is 10.0. The van der Waals surface area contributed by atoms with E-state index < -0.39 is 0 Å². The number of halogens is 2. The lowest BCUT2D eigenvalue weighted by Gasteiger charge is -2.08. The highest BCUT2D eigenvalue weighted by atomic mass is 35.5. The molecule has 0 radical (unpaired) electrons. The first-order chi connectivity index (χ1) is 12.2. The minimum atomic E-state index is 0.0405. The first kappa shape index (κ1) is 18.7. The highest BCUT2D eigenvalue weighted by molar-refractivity contribution is 6.31. The third kappa shape index (κ3) is 4.02. The van der Waals surface area contributed by atoms with Crippen molar-refractivity contribution in [2.45, 2.75) is 45.2 Å². The van der Waals surface area contributed by atoms with Gasteiger partial charge in [-0.3, -0.25) is 0 Å². The molecule has 0 saturated heterocycles. The van der Waals surface area contributed by atoms with Gasteiger partial charge in [-0.15, -0.1) is 0 Å². The van der Waals surface area contributed by atoms with Crippen LogP contribution in [0.5, 0.6) is 0 Å². The molecule has 5 heteroatoms. The van der Waals surface area contributed by atoms with Crippen molar-refractivity contribution in [1.29, 1.82) is 0 Å². The SMILES string of the molecule is CCCC1OCc2c(Cl)cccc21.NCC1OCc2c(Cl)cccc21. The van der Waals surface area contributed by atoms with Gasteiger partial charge in [-0.25, -0.2) is 0 Å². The molecule has 2 aliphatic heterocycles. The summed E-state index contributed by atoms with van der Waals surface area (Å²) in [5.41, 5.74) is 10.2. The quantitative estimate of drug-likeness (QED) is 0.756. The number of benzene rings is 2. The van der Waals surface area contributed by atoms with Gasteiger partial charge in [0.1, 0.15) is 0 Å². The smallest absolute Gasteiger partial charge is 0.0955 e.